The Bertz CT molecular complexity index is 449. The highest BCUT2D eigenvalue weighted by Gasteiger charge is 2.18. The summed E-state index contributed by atoms with van der Waals surface area (Å²) in [6, 6.07) is 4.13. The van der Waals surface area contributed by atoms with Gasteiger partial charge in [-0.05, 0) is 41.0 Å². The molecule has 1 N–H and O–H groups in total. The van der Waals surface area contributed by atoms with Crippen LogP contribution >= 0.6 is 38.9 Å². The highest BCUT2D eigenvalue weighted by Crippen LogP contribution is 2.37. The second kappa shape index (κ2) is 6.05. The summed E-state index contributed by atoms with van der Waals surface area (Å²) in [5.41, 5.74) is 1.13. The van der Waals surface area contributed by atoms with Crippen molar-refractivity contribution in [2.75, 3.05) is 6.54 Å². The molecule has 0 amide bonds. The summed E-state index contributed by atoms with van der Waals surface area (Å²) < 4.78 is 6.13. The van der Waals surface area contributed by atoms with Crippen LogP contribution in [-0.2, 0) is 0 Å². The van der Waals surface area contributed by atoms with Crippen LogP contribution in [0.2, 0.25) is 5.02 Å². The fourth-order valence-corrected chi connectivity index (χ4v) is 3.47. The van der Waals surface area contributed by atoms with Gasteiger partial charge in [0.05, 0.1) is 27.4 Å². The minimum atomic E-state index is 0.155. The van der Waals surface area contributed by atoms with Crippen LogP contribution in [0.1, 0.15) is 29.8 Å². The lowest BCUT2D eigenvalue weighted by molar-refractivity contribution is 0.550. The third-order valence-electron chi connectivity index (χ3n) is 2.42. The van der Waals surface area contributed by atoms with Crippen molar-refractivity contribution in [3.8, 4) is 0 Å². The van der Waals surface area contributed by atoms with E-state index in [9.17, 15) is 0 Å². The lowest BCUT2D eigenvalue weighted by atomic mass is 10.1. The van der Waals surface area contributed by atoms with Gasteiger partial charge in [-0.25, -0.2) is 0 Å². The van der Waals surface area contributed by atoms with Gasteiger partial charge in [0.25, 0.3) is 0 Å². The van der Waals surface area contributed by atoms with E-state index in [4.69, 9.17) is 16.0 Å². The van der Waals surface area contributed by atoms with Gasteiger partial charge in [0.1, 0.15) is 0 Å². The van der Waals surface area contributed by atoms with Crippen molar-refractivity contribution >= 4 is 38.9 Å². The van der Waals surface area contributed by atoms with Crippen molar-refractivity contribution < 1.29 is 4.42 Å². The molecule has 0 spiro atoms. The number of rotatable bonds is 5. The topological polar surface area (TPSA) is 25.2 Å². The molecule has 0 bridgehead atoms. The highest BCUT2D eigenvalue weighted by atomic mass is 79.9. The van der Waals surface area contributed by atoms with E-state index < -0.39 is 0 Å². The van der Waals surface area contributed by atoms with Crippen LogP contribution in [0.4, 0.5) is 0 Å². The molecule has 2 heterocycles. The molecule has 0 aliphatic heterocycles. The van der Waals surface area contributed by atoms with Crippen molar-refractivity contribution in [1.29, 1.82) is 0 Å². The largest absolute Gasteiger partial charge is 0.472 e. The lowest BCUT2D eigenvalue weighted by Gasteiger charge is -2.15. The molecule has 0 aromatic carbocycles. The normalized spacial score (nSPS) is 12.9. The molecule has 5 heteroatoms. The molecule has 1 atom stereocenters. The van der Waals surface area contributed by atoms with E-state index in [1.165, 1.54) is 4.88 Å². The fourth-order valence-electron chi connectivity index (χ4n) is 1.62. The third-order valence-corrected chi connectivity index (χ3v) is 4.96. The molecule has 0 fully saturated rings. The maximum absolute atomic E-state index is 6.08. The second-order valence-electron chi connectivity index (χ2n) is 3.71. The predicted molar refractivity (Wildman–Crippen MR) is 75.9 cm³/mol. The van der Waals surface area contributed by atoms with Crippen molar-refractivity contribution in [3.63, 3.8) is 0 Å². The lowest BCUT2D eigenvalue weighted by Crippen LogP contribution is -2.21. The van der Waals surface area contributed by atoms with Gasteiger partial charge >= 0.3 is 0 Å². The molecular formula is C12H13BrClNOS. The summed E-state index contributed by atoms with van der Waals surface area (Å²) in [7, 11) is 0. The Morgan fingerprint density at radius 1 is 1.59 bits per heavy atom. The molecular weight excluding hydrogens is 322 g/mol. The Morgan fingerprint density at radius 2 is 2.41 bits per heavy atom. The zero-order valence-corrected chi connectivity index (χ0v) is 12.5. The van der Waals surface area contributed by atoms with Crippen LogP contribution in [0.15, 0.2) is 32.9 Å². The molecule has 92 valence electrons. The van der Waals surface area contributed by atoms with Crippen LogP contribution < -0.4 is 5.32 Å². The van der Waals surface area contributed by atoms with Crippen LogP contribution in [0.3, 0.4) is 0 Å². The van der Waals surface area contributed by atoms with Crippen LogP contribution in [-0.4, -0.2) is 6.54 Å². The molecule has 2 nitrogen and oxygen atoms in total. The number of thiophene rings is 1. The average Bonchev–Trinajstić information content (AvgIpc) is 2.92. The van der Waals surface area contributed by atoms with Gasteiger partial charge in [0, 0.05) is 10.4 Å². The minimum absolute atomic E-state index is 0.155. The second-order valence-corrected chi connectivity index (χ2v) is 6.52. The molecule has 2 aromatic heterocycles. The molecule has 0 aliphatic rings. The quantitative estimate of drug-likeness (QED) is 0.846. The summed E-state index contributed by atoms with van der Waals surface area (Å²) in [5, 5.41) is 4.26. The maximum Gasteiger partial charge on any atom is 0.0954 e. The molecule has 0 aliphatic carbocycles. The summed E-state index contributed by atoms with van der Waals surface area (Å²) in [6.45, 7) is 3.11. The number of hydrogen-bond donors (Lipinski definition) is 1. The van der Waals surface area contributed by atoms with Crippen molar-refractivity contribution in [1.82, 2.24) is 5.32 Å². The number of halogens is 2. The SMILES string of the molecule is CCCNC(c1ccoc1)c1cc(Cl)c(Br)s1. The Kier molecular flexibility index (Phi) is 4.68. The van der Waals surface area contributed by atoms with E-state index in [1.54, 1.807) is 23.9 Å². The van der Waals surface area contributed by atoms with E-state index in [0.717, 1.165) is 27.3 Å². The van der Waals surface area contributed by atoms with E-state index >= 15 is 0 Å². The van der Waals surface area contributed by atoms with E-state index in [2.05, 4.69) is 28.2 Å². The predicted octanol–water partition coefficient (Wildman–Crippen LogP) is 4.85. The Balaban J connectivity index is 2.26. The van der Waals surface area contributed by atoms with Gasteiger partial charge < -0.3 is 9.73 Å². The van der Waals surface area contributed by atoms with E-state index in [0.29, 0.717) is 0 Å². The summed E-state index contributed by atoms with van der Waals surface area (Å²) in [5.74, 6) is 0. The Morgan fingerprint density at radius 3 is 2.94 bits per heavy atom. The van der Waals surface area contributed by atoms with Gasteiger partial charge in [-0.15, -0.1) is 11.3 Å². The van der Waals surface area contributed by atoms with Gasteiger partial charge in [-0.1, -0.05) is 18.5 Å². The smallest absolute Gasteiger partial charge is 0.0954 e. The average molecular weight is 335 g/mol. The van der Waals surface area contributed by atoms with E-state index in [1.807, 2.05) is 12.1 Å². The first kappa shape index (κ1) is 13.1. The molecule has 0 saturated carbocycles. The summed E-state index contributed by atoms with van der Waals surface area (Å²) in [4.78, 5) is 1.19. The molecule has 17 heavy (non-hydrogen) atoms. The van der Waals surface area contributed by atoms with Gasteiger partial charge in [-0.3, -0.25) is 0 Å². The first-order valence-electron chi connectivity index (χ1n) is 5.42. The zero-order chi connectivity index (χ0) is 12.3. The van der Waals surface area contributed by atoms with Gasteiger partial charge in [-0.2, -0.15) is 0 Å². The third kappa shape index (κ3) is 3.13. The monoisotopic (exact) mass is 333 g/mol. The molecule has 0 saturated heterocycles. The summed E-state index contributed by atoms with van der Waals surface area (Å²) in [6.07, 6.45) is 4.56. The first-order chi connectivity index (χ1) is 8.22. The van der Waals surface area contributed by atoms with Crippen molar-refractivity contribution in [2.45, 2.75) is 19.4 Å². The van der Waals surface area contributed by atoms with Crippen molar-refractivity contribution in [2.24, 2.45) is 0 Å². The first-order valence-corrected chi connectivity index (χ1v) is 7.41. The van der Waals surface area contributed by atoms with Gasteiger partial charge in [0.2, 0.25) is 0 Å². The number of furan rings is 1. The fraction of sp³-hybridized carbons (Fsp3) is 0.333. The van der Waals surface area contributed by atoms with Gasteiger partial charge in [0.15, 0.2) is 0 Å². The highest BCUT2D eigenvalue weighted by molar-refractivity contribution is 9.11. The Hall–Kier alpha value is -0.290. The molecule has 0 radical (unpaired) electrons. The maximum atomic E-state index is 6.08. The summed E-state index contributed by atoms with van der Waals surface area (Å²) >= 11 is 11.2. The number of hydrogen-bond acceptors (Lipinski definition) is 3. The molecule has 2 rings (SSSR count). The van der Waals surface area contributed by atoms with Crippen molar-refractivity contribution in [3.05, 3.63) is 43.9 Å². The molecule has 1 unspecified atom stereocenters. The standard InChI is InChI=1S/C12H13BrClNOS/c1-2-4-15-11(8-3-5-16-7-8)10-6-9(14)12(13)17-10/h3,5-7,11,15H,2,4H2,1H3. The Labute approximate surface area is 118 Å². The zero-order valence-electron chi connectivity index (χ0n) is 9.37. The van der Waals surface area contributed by atoms with Crippen LogP contribution in [0.25, 0.3) is 0 Å². The minimum Gasteiger partial charge on any atom is -0.472 e. The van der Waals surface area contributed by atoms with Crippen LogP contribution in [0, 0.1) is 0 Å². The van der Waals surface area contributed by atoms with E-state index in [-0.39, 0.29) is 6.04 Å². The molecule has 2 aromatic rings. The number of nitrogens with one attached hydrogen (secondary N) is 1. The van der Waals surface area contributed by atoms with Crippen LogP contribution in [0.5, 0.6) is 0 Å².